The number of nitrogen functional groups attached to an aromatic ring is 1. The molecule has 3 N–H and O–H groups in total. The van der Waals surface area contributed by atoms with Crippen LogP contribution in [-0.2, 0) is 13.0 Å². The van der Waals surface area contributed by atoms with Crippen LogP contribution in [0.4, 0.5) is 11.5 Å². The van der Waals surface area contributed by atoms with Gasteiger partial charge < -0.3 is 15.8 Å². The van der Waals surface area contributed by atoms with E-state index in [0.29, 0.717) is 30.5 Å². The van der Waals surface area contributed by atoms with Crippen LogP contribution in [0, 0.1) is 0 Å². The average molecular weight is 389 g/mol. The highest BCUT2D eigenvalue weighted by Gasteiger charge is 2.10. The molecule has 7 nitrogen and oxygen atoms in total. The Balaban J connectivity index is 1.60. The first kappa shape index (κ1) is 20.0. The van der Waals surface area contributed by atoms with Gasteiger partial charge in [-0.2, -0.15) is 0 Å². The van der Waals surface area contributed by atoms with E-state index >= 15 is 0 Å². The SMILES string of the molecule is C=C(C)COc1cnc(C(=O)Cc2cccc(CNc3cccnc3N)c2)cn1. The fourth-order valence-electron chi connectivity index (χ4n) is 2.62. The first-order valence-corrected chi connectivity index (χ1v) is 9.16. The van der Waals surface area contributed by atoms with Crippen molar-refractivity contribution in [2.75, 3.05) is 17.7 Å². The molecule has 0 unspecified atom stereocenters. The number of Topliss-reactive ketones (excluding diaryl/α,β-unsaturated/α-hetero) is 1. The number of hydrogen-bond acceptors (Lipinski definition) is 7. The van der Waals surface area contributed by atoms with Gasteiger partial charge in [-0.3, -0.25) is 4.79 Å². The van der Waals surface area contributed by atoms with E-state index in [9.17, 15) is 4.79 Å². The maximum atomic E-state index is 12.5. The summed E-state index contributed by atoms with van der Waals surface area (Å²) in [5, 5.41) is 3.25. The molecule has 148 valence electrons. The second-order valence-electron chi connectivity index (χ2n) is 6.70. The van der Waals surface area contributed by atoms with E-state index in [4.69, 9.17) is 10.5 Å². The number of ether oxygens (including phenoxy) is 1. The normalized spacial score (nSPS) is 10.4. The van der Waals surface area contributed by atoms with Crippen LogP contribution in [0.25, 0.3) is 0 Å². The molecule has 0 saturated heterocycles. The fraction of sp³-hybridized carbons (Fsp3) is 0.182. The fourth-order valence-corrected chi connectivity index (χ4v) is 2.62. The Labute approximate surface area is 169 Å². The van der Waals surface area contributed by atoms with Gasteiger partial charge in [0.1, 0.15) is 18.1 Å². The molecule has 0 amide bonds. The molecule has 0 saturated carbocycles. The second kappa shape index (κ2) is 9.45. The summed E-state index contributed by atoms with van der Waals surface area (Å²) in [5.41, 5.74) is 9.74. The Morgan fingerprint density at radius 3 is 2.69 bits per heavy atom. The van der Waals surface area contributed by atoms with Crippen LogP contribution >= 0.6 is 0 Å². The van der Waals surface area contributed by atoms with Crippen molar-refractivity contribution >= 4 is 17.3 Å². The third-order valence-electron chi connectivity index (χ3n) is 4.06. The number of aromatic nitrogens is 3. The number of hydrogen-bond donors (Lipinski definition) is 2. The molecule has 0 aliphatic rings. The standard InChI is InChI=1S/C22H23N5O2/c1-15(2)14-29-21-13-26-19(12-27-21)20(28)10-16-5-3-6-17(9-16)11-25-18-7-4-8-24-22(18)23/h3-9,12-13,25H,1,10-11,14H2,2H3,(H2,23,24). The minimum atomic E-state index is -0.106. The predicted octanol–water partition coefficient (Wildman–Crippen LogP) is 3.45. The van der Waals surface area contributed by atoms with Crippen molar-refractivity contribution in [3.8, 4) is 5.88 Å². The molecule has 2 heterocycles. The van der Waals surface area contributed by atoms with Gasteiger partial charge in [-0.1, -0.05) is 30.8 Å². The van der Waals surface area contributed by atoms with Gasteiger partial charge in [-0.05, 0) is 35.8 Å². The van der Waals surface area contributed by atoms with E-state index in [1.54, 1.807) is 6.20 Å². The topological polar surface area (TPSA) is 103 Å². The number of pyridine rings is 1. The van der Waals surface area contributed by atoms with Gasteiger partial charge in [0.15, 0.2) is 5.78 Å². The molecule has 2 aromatic heterocycles. The lowest BCUT2D eigenvalue weighted by Gasteiger charge is -2.09. The van der Waals surface area contributed by atoms with Crippen molar-refractivity contribution in [3.05, 3.63) is 84.0 Å². The molecule has 0 aliphatic carbocycles. The number of nitrogens with zero attached hydrogens (tertiary/aromatic N) is 3. The summed E-state index contributed by atoms with van der Waals surface area (Å²) in [6.45, 7) is 6.57. The van der Waals surface area contributed by atoms with Crippen molar-refractivity contribution in [2.24, 2.45) is 0 Å². The Kier molecular flexibility index (Phi) is 6.52. The number of rotatable bonds is 9. The molecule has 1 aromatic carbocycles. The highest BCUT2D eigenvalue weighted by molar-refractivity contribution is 5.95. The van der Waals surface area contributed by atoms with E-state index in [1.807, 2.05) is 43.3 Å². The Morgan fingerprint density at radius 1 is 1.14 bits per heavy atom. The van der Waals surface area contributed by atoms with E-state index in [2.05, 4.69) is 26.8 Å². The van der Waals surface area contributed by atoms with Gasteiger partial charge in [-0.25, -0.2) is 15.0 Å². The second-order valence-corrected chi connectivity index (χ2v) is 6.70. The minimum Gasteiger partial charge on any atom is -0.472 e. The van der Waals surface area contributed by atoms with Gasteiger partial charge in [0.2, 0.25) is 5.88 Å². The number of anilines is 2. The molecule has 0 spiro atoms. The zero-order chi connectivity index (χ0) is 20.6. The van der Waals surface area contributed by atoms with Crippen LogP contribution in [-0.4, -0.2) is 27.3 Å². The monoisotopic (exact) mass is 389 g/mol. The third-order valence-corrected chi connectivity index (χ3v) is 4.06. The van der Waals surface area contributed by atoms with Crippen LogP contribution in [0.1, 0.15) is 28.5 Å². The van der Waals surface area contributed by atoms with Crippen molar-refractivity contribution in [1.82, 2.24) is 15.0 Å². The van der Waals surface area contributed by atoms with Gasteiger partial charge >= 0.3 is 0 Å². The summed E-state index contributed by atoms with van der Waals surface area (Å²) in [6.07, 6.45) is 4.78. The summed E-state index contributed by atoms with van der Waals surface area (Å²) >= 11 is 0. The summed E-state index contributed by atoms with van der Waals surface area (Å²) in [4.78, 5) is 24.9. The minimum absolute atomic E-state index is 0.106. The first-order chi connectivity index (χ1) is 14.0. The molecule has 0 radical (unpaired) electrons. The maximum absolute atomic E-state index is 12.5. The lowest BCUT2D eigenvalue weighted by atomic mass is 10.0. The van der Waals surface area contributed by atoms with Crippen molar-refractivity contribution < 1.29 is 9.53 Å². The number of benzene rings is 1. The number of carbonyl (C=O) groups excluding carboxylic acids is 1. The Bertz CT molecular complexity index is 1000. The number of ketones is 1. The van der Waals surface area contributed by atoms with Gasteiger partial charge in [0, 0.05) is 19.2 Å². The maximum Gasteiger partial charge on any atom is 0.232 e. The molecule has 29 heavy (non-hydrogen) atoms. The van der Waals surface area contributed by atoms with E-state index in [0.717, 1.165) is 22.4 Å². The van der Waals surface area contributed by atoms with Crippen molar-refractivity contribution in [3.63, 3.8) is 0 Å². The molecular weight excluding hydrogens is 366 g/mol. The largest absolute Gasteiger partial charge is 0.472 e. The Morgan fingerprint density at radius 2 is 1.97 bits per heavy atom. The summed E-state index contributed by atoms with van der Waals surface area (Å²) < 4.78 is 5.40. The highest BCUT2D eigenvalue weighted by atomic mass is 16.5. The van der Waals surface area contributed by atoms with Gasteiger partial charge in [0.25, 0.3) is 0 Å². The molecule has 3 rings (SSSR count). The zero-order valence-corrected chi connectivity index (χ0v) is 16.3. The molecule has 0 fully saturated rings. The first-order valence-electron chi connectivity index (χ1n) is 9.16. The van der Waals surface area contributed by atoms with E-state index < -0.39 is 0 Å². The van der Waals surface area contributed by atoms with Crippen LogP contribution in [0.5, 0.6) is 5.88 Å². The predicted molar refractivity (Wildman–Crippen MR) is 113 cm³/mol. The van der Waals surface area contributed by atoms with Crippen LogP contribution in [0.15, 0.2) is 67.1 Å². The summed E-state index contributed by atoms with van der Waals surface area (Å²) in [7, 11) is 0. The molecular formula is C22H23N5O2. The molecule has 0 aliphatic heterocycles. The zero-order valence-electron chi connectivity index (χ0n) is 16.3. The molecule has 3 aromatic rings. The van der Waals surface area contributed by atoms with Crippen LogP contribution in [0.2, 0.25) is 0 Å². The van der Waals surface area contributed by atoms with E-state index in [1.165, 1.54) is 12.4 Å². The number of nitrogens with one attached hydrogen (secondary N) is 1. The number of carbonyl (C=O) groups is 1. The van der Waals surface area contributed by atoms with Crippen molar-refractivity contribution in [2.45, 2.75) is 19.9 Å². The number of nitrogens with two attached hydrogens (primary N) is 1. The Hall–Kier alpha value is -3.74. The molecule has 0 bridgehead atoms. The smallest absolute Gasteiger partial charge is 0.232 e. The summed E-state index contributed by atoms with van der Waals surface area (Å²) in [5.74, 6) is 0.714. The van der Waals surface area contributed by atoms with Crippen LogP contribution in [0.3, 0.4) is 0 Å². The quantitative estimate of drug-likeness (QED) is 0.427. The molecule has 0 atom stereocenters. The average Bonchev–Trinajstić information content (AvgIpc) is 2.72. The highest BCUT2D eigenvalue weighted by Crippen LogP contribution is 2.16. The van der Waals surface area contributed by atoms with Crippen LogP contribution < -0.4 is 15.8 Å². The van der Waals surface area contributed by atoms with E-state index in [-0.39, 0.29) is 12.2 Å². The van der Waals surface area contributed by atoms with Gasteiger partial charge in [0.05, 0.1) is 18.1 Å². The van der Waals surface area contributed by atoms with Gasteiger partial charge in [-0.15, -0.1) is 0 Å². The molecule has 7 heteroatoms. The lowest BCUT2D eigenvalue weighted by molar-refractivity contribution is 0.0987. The lowest BCUT2D eigenvalue weighted by Crippen LogP contribution is -2.08. The summed E-state index contributed by atoms with van der Waals surface area (Å²) in [6, 6.07) is 11.5. The van der Waals surface area contributed by atoms with Crippen molar-refractivity contribution in [1.29, 1.82) is 0 Å². The third kappa shape index (κ3) is 5.87.